The second kappa shape index (κ2) is 13.8. The summed E-state index contributed by atoms with van der Waals surface area (Å²) in [4.78, 5) is 34.5. The van der Waals surface area contributed by atoms with Crippen molar-refractivity contribution in [2.45, 2.75) is 58.3 Å². The van der Waals surface area contributed by atoms with E-state index in [1.54, 1.807) is 32.9 Å². The number of amides is 2. The molecule has 0 radical (unpaired) electrons. The van der Waals surface area contributed by atoms with Crippen molar-refractivity contribution in [3.63, 3.8) is 0 Å². The van der Waals surface area contributed by atoms with Crippen LogP contribution in [0.25, 0.3) is 0 Å². The van der Waals surface area contributed by atoms with Gasteiger partial charge in [0.15, 0.2) is 0 Å². The number of carbonyl (C=O) groups excluding carboxylic acids is 2. The van der Waals surface area contributed by atoms with E-state index in [0.29, 0.717) is 19.4 Å². The summed E-state index contributed by atoms with van der Waals surface area (Å²) >= 11 is 0. The molecule has 1 atom stereocenters. The Kier molecular flexibility index (Phi) is 12.2. The van der Waals surface area contributed by atoms with Gasteiger partial charge in [0.25, 0.3) is 0 Å². The summed E-state index contributed by atoms with van der Waals surface area (Å²) in [7, 11) is 0. The number of benzene rings is 1. The van der Waals surface area contributed by atoms with Crippen LogP contribution in [-0.2, 0) is 20.9 Å². The zero-order valence-electron chi connectivity index (χ0n) is 16.9. The van der Waals surface area contributed by atoms with E-state index in [-0.39, 0.29) is 13.0 Å². The molecule has 29 heavy (non-hydrogen) atoms. The average molecular weight is 408 g/mol. The number of alkyl carbamates (subject to hydrolysis) is 2. The Morgan fingerprint density at radius 1 is 1.07 bits per heavy atom. The quantitative estimate of drug-likeness (QED) is 0.415. The molecule has 2 amide bonds. The first kappa shape index (κ1) is 25.6. The molecule has 0 saturated carbocycles. The van der Waals surface area contributed by atoms with Crippen LogP contribution in [0.3, 0.4) is 0 Å². The van der Waals surface area contributed by atoms with Gasteiger partial charge in [0.05, 0.1) is 0 Å². The molecule has 10 nitrogen and oxygen atoms in total. The van der Waals surface area contributed by atoms with E-state index in [0.717, 1.165) is 5.56 Å². The molecule has 0 bridgehead atoms. The normalized spacial score (nSPS) is 11.2. The third kappa shape index (κ3) is 13.5. The van der Waals surface area contributed by atoms with Gasteiger partial charge in [0.1, 0.15) is 18.2 Å². The number of carbonyl (C=O) groups is 3. The predicted octanol–water partition coefficient (Wildman–Crippen LogP) is 3.09. The largest absolute Gasteiger partial charge is 0.480 e. The third-order valence-electron chi connectivity index (χ3n) is 3.39. The third-order valence-corrected chi connectivity index (χ3v) is 3.39. The van der Waals surface area contributed by atoms with Crippen molar-refractivity contribution in [3.05, 3.63) is 35.9 Å². The highest BCUT2D eigenvalue weighted by Gasteiger charge is 2.20. The first-order chi connectivity index (χ1) is 13.7. The van der Waals surface area contributed by atoms with Crippen molar-refractivity contribution in [2.75, 3.05) is 6.54 Å². The van der Waals surface area contributed by atoms with Gasteiger partial charge in [-0.3, -0.25) is 0 Å². The van der Waals surface area contributed by atoms with E-state index in [9.17, 15) is 19.5 Å². The maximum atomic E-state index is 11.8. The van der Waals surface area contributed by atoms with Crippen molar-refractivity contribution < 1.29 is 29.0 Å². The molecule has 0 unspecified atom stereocenters. The van der Waals surface area contributed by atoms with Gasteiger partial charge in [-0.15, -0.1) is 0 Å². The molecule has 0 heterocycles. The number of ether oxygens (including phenoxy) is 2. The van der Waals surface area contributed by atoms with Gasteiger partial charge in [-0.1, -0.05) is 30.3 Å². The minimum atomic E-state index is -1.13. The number of unbranched alkanes of at least 4 members (excludes halogenated alkanes) is 1. The summed E-state index contributed by atoms with van der Waals surface area (Å²) in [5, 5.41) is 26.2. The maximum Gasteiger partial charge on any atom is 0.408 e. The number of rotatable bonds is 9. The van der Waals surface area contributed by atoms with E-state index >= 15 is 0 Å². The Balaban J connectivity index is 0.00000379. The van der Waals surface area contributed by atoms with Gasteiger partial charge in [-0.05, 0) is 45.6 Å². The highest BCUT2D eigenvalue weighted by atomic mass is 16.6. The second-order valence-electron chi connectivity index (χ2n) is 7.02. The maximum absolute atomic E-state index is 11.8. The average Bonchev–Trinajstić information content (AvgIpc) is 2.66. The fourth-order valence-corrected chi connectivity index (χ4v) is 2.14. The Hall–Kier alpha value is -3.35. The Labute approximate surface area is 170 Å². The molecule has 0 aliphatic carbocycles. The fraction of sp³-hybridized carbons (Fsp3) is 0.526. The van der Waals surface area contributed by atoms with Crippen LogP contribution in [0.5, 0.6) is 0 Å². The summed E-state index contributed by atoms with van der Waals surface area (Å²) in [5.41, 5.74) is 0.246. The lowest BCUT2D eigenvalue weighted by Gasteiger charge is -2.19. The van der Waals surface area contributed by atoms with Gasteiger partial charge >= 0.3 is 18.2 Å². The summed E-state index contributed by atoms with van der Waals surface area (Å²) in [5.74, 6) is -1.13. The molecule has 0 aromatic heterocycles. The number of nitrogens with one attached hydrogen (secondary N) is 2. The summed E-state index contributed by atoms with van der Waals surface area (Å²) in [6.07, 6.45) is -0.000568. The molecule has 1 aromatic carbocycles. The Morgan fingerprint density at radius 3 is 2.24 bits per heavy atom. The molecule has 0 fully saturated rings. The van der Waals surface area contributed by atoms with Gasteiger partial charge in [0, 0.05) is 17.3 Å². The monoisotopic (exact) mass is 408 g/mol. The molecule has 160 valence electrons. The highest BCUT2D eigenvalue weighted by Crippen LogP contribution is 2.07. The molecule has 0 saturated heterocycles. The molecule has 0 spiro atoms. The van der Waals surface area contributed by atoms with E-state index in [2.05, 4.69) is 10.6 Å². The van der Waals surface area contributed by atoms with Crippen molar-refractivity contribution in [2.24, 2.45) is 0 Å². The predicted molar refractivity (Wildman–Crippen MR) is 103 cm³/mol. The van der Waals surface area contributed by atoms with Crippen LogP contribution in [0, 0.1) is 10.8 Å². The van der Waals surface area contributed by atoms with E-state index in [1.165, 1.54) is 0 Å². The zero-order valence-corrected chi connectivity index (χ0v) is 16.9. The topological polar surface area (TPSA) is 162 Å². The number of hydrogen-bond acceptors (Lipinski definition) is 7. The molecular weight excluding hydrogens is 380 g/mol. The second-order valence-corrected chi connectivity index (χ2v) is 7.02. The van der Waals surface area contributed by atoms with Crippen molar-refractivity contribution in [1.82, 2.24) is 10.6 Å². The number of carboxylic acid groups (broad SMARTS) is 1. The highest BCUT2D eigenvalue weighted by molar-refractivity contribution is 5.79. The van der Waals surface area contributed by atoms with Crippen LogP contribution in [-0.4, -0.2) is 41.4 Å². The van der Waals surface area contributed by atoms with Crippen LogP contribution < -0.4 is 10.6 Å². The van der Waals surface area contributed by atoms with Crippen LogP contribution in [0.2, 0.25) is 0 Å². The van der Waals surface area contributed by atoms with Crippen LogP contribution in [0.15, 0.2) is 30.3 Å². The van der Waals surface area contributed by atoms with Crippen LogP contribution in [0.4, 0.5) is 9.59 Å². The van der Waals surface area contributed by atoms with Crippen molar-refractivity contribution >= 4 is 18.2 Å². The van der Waals surface area contributed by atoms with Gasteiger partial charge in [-0.25, -0.2) is 14.4 Å². The van der Waals surface area contributed by atoms with Crippen LogP contribution >= 0.6 is 0 Å². The molecular formula is C19H28N4O6. The minimum absolute atomic E-state index is 0.0683. The van der Waals surface area contributed by atoms with Crippen molar-refractivity contribution in [1.29, 1.82) is 10.8 Å². The fourth-order valence-electron chi connectivity index (χ4n) is 2.14. The van der Waals surface area contributed by atoms with Crippen LogP contribution in [0.1, 0.15) is 45.6 Å². The smallest absolute Gasteiger partial charge is 0.408 e. The number of carboxylic acids is 1. The van der Waals surface area contributed by atoms with Crippen molar-refractivity contribution in [3.8, 4) is 0 Å². The summed E-state index contributed by atoms with van der Waals surface area (Å²) in [6, 6.07) is 8.06. The number of aliphatic carboxylic acids is 1. The number of nitrogens with zero attached hydrogens (tertiary/aromatic N) is 2. The Morgan fingerprint density at radius 2 is 1.69 bits per heavy atom. The zero-order chi connectivity index (χ0) is 22.3. The molecule has 0 aliphatic rings. The van der Waals surface area contributed by atoms with Gasteiger partial charge < -0.3 is 25.2 Å². The molecule has 3 N–H and O–H groups in total. The lowest BCUT2D eigenvalue weighted by molar-refractivity contribution is -0.139. The van der Waals surface area contributed by atoms with E-state index in [1.807, 2.05) is 18.2 Å². The van der Waals surface area contributed by atoms with Gasteiger partial charge in [-0.2, -0.15) is 0 Å². The van der Waals surface area contributed by atoms with Gasteiger partial charge in [0.2, 0.25) is 0 Å². The summed E-state index contributed by atoms with van der Waals surface area (Å²) in [6.45, 7) is 5.74. The van der Waals surface area contributed by atoms with E-state index in [4.69, 9.17) is 20.3 Å². The molecule has 1 aromatic rings. The molecule has 10 heteroatoms. The lowest BCUT2D eigenvalue weighted by atomic mass is 10.1. The van der Waals surface area contributed by atoms with E-state index < -0.39 is 29.8 Å². The lowest BCUT2D eigenvalue weighted by Crippen LogP contribution is -2.41. The summed E-state index contributed by atoms with van der Waals surface area (Å²) < 4.78 is 10.1. The standard InChI is InChI=1S/C19H28N2O6.N2/c1-19(2,3)27-17(24)20-12-8-7-11-15(16(22)23)21-18(25)26-13-14-9-5-4-6-10-14;1-2/h4-6,9-10,15H,7-8,11-13H2,1-3H3,(H,20,24)(H,21,25)(H,22,23);/t15-;/m0./s1. The number of hydrogen-bond donors (Lipinski definition) is 3. The molecule has 0 aliphatic heterocycles. The first-order valence-corrected chi connectivity index (χ1v) is 9.04. The SMILES string of the molecule is CC(C)(C)OC(=O)NCCCC[C@H](NC(=O)OCc1ccccc1)C(=O)O.N#N. The Bertz CT molecular complexity index is 658. The minimum Gasteiger partial charge on any atom is -0.480 e. The molecule has 1 rings (SSSR count). The first-order valence-electron chi connectivity index (χ1n) is 9.04.